The predicted molar refractivity (Wildman–Crippen MR) is 245 cm³/mol. The second kappa shape index (κ2) is 12.5. The van der Waals surface area contributed by atoms with E-state index in [0.29, 0.717) is 0 Å². The van der Waals surface area contributed by atoms with Gasteiger partial charge in [0.05, 0.1) is 0 Å². The van der Waals surface area contributed by atoms with Crippen molar-refractivity contribution in [3.05, 3.63) is 199 Å². The number of hydrogen-bond acceptors (Lipinski definition) is 1. The molecule has 1 aromatic heterocycles. The van der Waals surface area contributed by atoms with Gasteiger partial charge in [-0.25, -0.2) is 0 Å². The highest BCUT2D eigenvalue weighted by atomic mass is 32.1. The van der Waals surface area contributed by atoms with Crippen molar-refractivity contribution in [3.8, 4) is 44.5 Å². The lowest BCUT2D eigenvalue weighted by Gasteiger charge is -2.24. The molecule has 0 spiro atoms. The summed E-state index contributed by atoms with van der Waals surface area (Å²) in [5.41, 5.74) is 14.1. The van der Waals surface area contributed by atoms with Crippen LogP contribution in [0.4, 0.5) is 0 Å². The highest BCUT2D eigenvalue weighted by molar-refractivity contribution is 7.26. The molecule has 1 heterocycles. The summed E-state index contributed by atoms with van der Waals surface area (Å²) in [7, 11) is 0. The lowest BCUT2D eigenvalue weighted by atomic mass is 9.79. The average Bonchev–Trinajstić information content (AvgIpc) is 3.75. The summed E-state index contributed by atoms with van der Waals surface area (Å²) in [6, 6.07) is 61.1. The lowest BCUT2D eigenvalue weighted by Crippen LogP contribution is -2.15. The van der Waals surface area contributed by atoms with E-state index in [9.17, 15) is 0 Å². The van der Waals surface area contributed by atoms with Crippen LogP contribution in [-0.4, -0.2) is 0 Å². The van der Waals surface area contributed by atoms with E-state index in [1.165, 1.54) is 108 Å². The van der Waals surface area contributed by atoms with E-state index in [2.05, 4.69) is 190 Å². The number of allylic oxidation sites excluding steroid dienone is 2. The molecule has 56 heavy (non-hydrogen) atoms. The van der Waals surface area contributed by atoms with Crippen molar-refractivity contribution >= 4 is 69.9 Å². The maximum absolute atomic E-state index is 3.86. The fourth-order valence-electron chi connectivity index (χ4n) is 9.71. The number of thiophene rings is 1. The molecule has 1 aliphatic rings. The Morgan fingerprint density at radius 2 is 1.05 bits per heavy atom. The van der Waals surface area contributed by atoms with Crippen LogP contribution in [0, 0.1) is 0 Å². The van der Waals surface area contributed by atoms with Crippen molar-refractivity contribution in [1.82, 2.24) is 0 Å². The van der Waals surface area contributed by atoms with E-state index < -0.39 is 0 Å². The Labute approximate surface area is 331 Å². The largest absolute Gasteiger partial charge is 0.134 e. The Bertz CT molecular complexity index is 3220. The molecule has 0 bridgehead atoms. The Morgan fingerprint density at radius 3 is 1.73 bits per heavy atom. The van der Waals surface area contributed by atoms with Crippen LogP contribution >= 0.6 is 11.3 Å². The minimum atomic E-state index is -0.147. The fraction of sp³-hybridized carbons (Fsp3) is 0.0545. The highest BCUT2D eigenvalue weighted by Gasteiger charge is 2.39. The normalized spacial score (nSPS) is 13.3. The summed E-state index contributed by atoms with van der Waals surface area (Å²) in [6.45, 7) is 8.71. The van der Waals surface area contributed by atoms with Gasteiger partial charge in [0.2, 0.25) is 0 Å². The first-order chi connectivity index (χ1) is 27.5. The Morgan fingerprint density at radius 1 is 0.482 bits per heavy atom. The molecular formula is C55H38S. The van der Waals surface area contributed by atoms with Crippen molar-refractivity contribution in [2.75, 3.05) is 0 Å². The topological polar surface area (TPSA) is 0 Å². The first-order valence-electron chi connectivity index (χ1n) is 19.5. The van der Waals surface area contributed by atoms with Crippen LogP contribution in [0.1, 0.15) is 30.5 Å². The second-order valence-electron chi connectivity index (χ2n) is 15.6. The minimum absolute atomic E-state index is 0.147. The standard InChI is InChI=1S/C55H38S/c1-4-5-15-34-16-14-17-38(32-34)50-41-20-8-6-18-39(41)49(40-19-7-9-21-42(40)50)36-28-26-35(27-29-36)37-30-31-45-47(33-37)55(2,3)53-44-23-11-10-22-43(44)51-46-24-12-13-25-48(46)56-54(51)52(45)53/h4-33H,1H2,2-3H3/b15-5-. The summed E-state index contributed by atoms with van der Waals surface area (Å²) < 4.78 is 2.76. The van der Waals surface area contributed by atoms with Gasteiger partial charge >= 0.3 is 0 Å². The van der Waals surface area contributed by atoms with Crippen LogP contribution in [0.2, 0.25) is 0 Å². The van der Waals surface area contributed by atoms with Crippen molar-refractivity contribution in [3.63, 3.8) is 0 Å². The third-order valence-electron chi connectivity index (χ3n) is 12.2. The van der Waals surface area contributed by atoms with Crippen molar-refractivity contribution in [2.45, 2.75) is 19.3 Å². The van der Waals surface area contributed by atoms with Crippen LogP contribution in [0.3, 0.4) is 0 Å². The van der Waals surface area contributed by atoms with E-state index in [0.717, 1.165) is 5.56 Å². The zero-order valence-electron chi connectivity index (χ0n) is 31.4. The van der Waals surface area contributed by atoms with E-state index >= 15 is 0 Å². The fourth-order valence-corrected chi connectivity index (χ4v) is 11.0. The Balaban J connectivity index is 1.05. The molecule has 0 N–H and O–H groups in total. The Kier molecular flexibility index (Phi) is 7.33. The molecule has 0 fully saturated rings. The molecule has 0 radical (unpaired) electrons. The van der Waals surface area contributed by atoms with E-state index in [-0.39, 0.29) is 5.41 Å². The van der Waals surface area contributed by atoms with Crippen LogP contribution in [0.25, 0.3) is 103 Å². The lowest BCUT2D eigenvalue weighted by molar-refractivity contribution is 0.667. The van der Waals surface area contributed by atoms with E-state index in [1.54, 1.807) is 0 Å². The molecule has 10 aromatic rings. The molecule has 9 aromatic carbocycles. The zero-order chi connectivity index (χ0) is 37.5. The molecule has 11 rings (SSSR count). The van der Waals surface area contributed by atoms with Gasteiger partial charge in [-0.15, -0.1) is 11.3 Å². The maximum Gasteiger partial charge on any atom is 0.0443 e. The van der Waals surface area contributed by atoms with Gasteiger partial charge in [-0.3, -0.25) is 0 Å². The van der Waals surface area contributed by atoms with Crippen LogP contribution in [0.15, 0.2) is 183 Å². The summed E-state index contributed by atoms with van der Waals surface area (Å²) in [5.74, 6) is 0. The minimum Gasteiger partial charge on any atom is -0.134 e. The molecule has 0 atom stereocenters. The molecule has 0 aliphatic heterocycles. The predicted octanol–water partition coefficient (Wildman–Crippen LogP) is 16.0. The van der Waals surface area contributed by atoms with Crippen LogP contribution in [-0.2, 0) is 5.41 Å². The van der Waals surface area contributed by atoms with Crippen LogP contribution < -0.4 is 0 Å². The molecule has 0 saturated carbocycles. The maximum atomic E-state index is 3.86. The Hall–Kier alpha value is -6.54. The molecule has 264 valence electrons. The summed E-state index contributed by atoms with van der Waals surface area (Å²) in [4.78, 5) is 0. The highest BCUT2D eigenvalue weighted by Crippen LogP contribution is 2.57. The van der Waals surface area contributed by atoms with Gasteiger partial charge in [0.1, 0.15) is 0 Å². The first kappa shape index (κ1) is 32.9. The molecule has 1 heteroatoms. The summed E-state index contributed by atoms with van der Waals surface area (Å²) in [6.07, 6.45) is 5.94. The molecule has 1 aliphatic carbocycles. The van der Waals surface area contributed by atoms with E-state index in [4.69, 9.17) is 0 Å². The average molecular weight is 731 g/mol. The summed E-state index contributed by atoms with van der Waals surface area (Å²) in [5, 5.41) is 10.5. The van der Waals surface area contributed by atoms with E-state index in [1.807, 2.05) is 23.5 Å². The first-order valence-corrected chi connectivity index (χ1v) is 20.3. The van der Waals surface area contributed by atoms with Gasteiger partial charge in [0.25, 0.3) is 0 Å². The van der Waals surface area contributed by atoms with Gasteiger partial charge in [-0.2, -0.15) is 0 Å². The third-order valence-corrected chi connectivity index (χ3v) is 13.4. The van der Waals surface area contributed by atoms with Gasteiger partial charge in [-0.05, 0) is 106 Å². The second-order valence-corrected chi connectivity index (χ2v) is 16.7. The zero-order valence-corrected chi connectivity index (χ0v) is 32.3. The molecular weight excluding hydrogens is 693 g/mol. The van der Waals surface area contributed by atoms with Crippen molar-refractivity contribution < 1.29 is 0 Å². The van der Waals surface area contributed by atoms with Crippen LogP contribution in [0.5, 0.6) is 0 Å². The SMILES string of the molecule is C=C/C=C\c1cccc(-c2c3ccccc3c(-c3ccc(-c4ccc5c(c4)C(C)(C)c4c-5c5sc6ccccc6c5c5ccccc45)cc3)c3ccccc23)c1. The molecule has 0 nitrogen and oxygen atoms in total. The molecule has 0 amide bonds. The third kappa shape index (κ3) is 4.78. The number of fused-ring (bicyclic) bond motifs is 12. The van der Waals surface area contributed by atoms with Gasteiger partial charge in [-0.1, -0.05) is 184 Å². The monoisotopic (exact) mass is 730 g/mol. The quantitative estimate of drug-likeness (QED) is 0.122. The smallest absolute Gasteiger partial charge is 0.0443 e. The van der Waals surface area contributed by atoms with Crippen molar-refractivity contribution in [2.24, 2.45) is 0 Å². The van der Waals surface area contributed by atoms with Gasteiger partial charge in [0, 0.05) is 31.2 Å². The van der Waals surface area contributed by atoms with Crippen molar-refractivity contribution in [1.29, 1.82) is 0 Å². The number of rotatable bonds is 5. The molecule has 0 saturated heterocycles. The number of benzene rings is 9. The van der Waals surface area contributed by atoms with Gasteiger partial charge < -0.3 is 0 Å². The summed E-state index contributed by atoms with van der Waals surface area (Å²) >= 11 is 1.94. The van der Waals surface area contributed by atoms with Gasteiger partial charge in [0.15, 0.2) is 0 Å². The number of hydrogen-bond donors (Lipinski definition) is 0. The molecule has 0 unspecified atom stereocenters.